The molecule has 2 saturated carbocycles. The van der Waals surface area contributed by atoms with Crippen LogP contribution in [-0.2, 0) is 4.79 Å². The summed E-state index contributed by atoms with van der Waals surface area (Å²) in [5.74, 6) is 0.991. The van der Waals surface area contributed by atoms with Crippen LogP contribution in [0.5, 0.6) is 0 Å². The Kier molecular flexibility index (Phi) is 2.65. The zero-order valence-corrected chi connectivity index (χ0v) is 12.2. The van der Waals surface area contributed by atoms with Crippen molar-refractivity contribution in [2.75, 3.05) is 0 Å². The molecule has 0 aromatic carbocycles. The summed E-state index contributed by atoms with van der Waals surface area (Å²) in [4.78, 5) is 12.1. The number of hydrogen-bond donors (Lipinski definition) is 1. The van der Waals surface area contributed by atoms with Gasteiger partial charge in [-0.1, -0.05) is 41.5 Å². The fraction of sp³-hybridized carbons (Fsp3) is 0.933. The van der Waals surface area contributed by atoms with Crippen molar-refractivity contribution in [3.05, 3.63) is 0 Å². The molecule has 0 aliphatic heterocycles. The average molecular weight is 237 g/mol. The summed E-state index contributed by atoms with van der Waals surface area (Å²) in [6, 6.07) is 0.378. The van der Waals surface area contributed by atoms with Crippen molar-refractivity contribution in [1.29, 1.82) is 0 Å². The maximum absolute atomic E-state index is 12.1. The summed E-state index contributed by atoms with van der Waals surface area (Å²) in [6.45, 7) is 13.1. The molecule has 1 amide bonds. The molecule has 2 fully saturated rings. The monoisotopic (exact) mass is 237 g/mol. The van der Waals surface area contributed by atoms with Crippen molar-refractivity contribution >= 4 is 5.91 Å². The van der Waals surface area contributed by atoms with Crippen molar-refractivity contribution in [2.45, 2.75) is 66.8 Å². The van der Waals surface area contributed by atoms with Gasteiger partial charge in [-0.25, -0.2) is 0 Å². The molecule has 2 aliphatic rings. The van der Waals surface area contributed by atoms with E-state index in [4.69, 9.17) is 0 Å². The fourth-order valence-corrected chi connectivity index (χ4v) is 3.80. The van der Waals surface area contributed by atoms with Crippen molar-refractivity contribution < 1.29 is 4.79 Å². The van der Waals surface area contributed by atoms with Gasteiger partial charge >= 0.3 is 0 Å². The highest BCUT2D eigenvalue weighted by Gasteiger charge is 2.61. The molecule has 2 bridgehead atoms. The van der Waals surface area contributed by atoms with Crippen molar-refractivity contribution in [3.8, 4) is 0 Å². The Balaban J connectivity index is 2.14. The first-order chi connectivity index (χ1) is 7.59. The van der Waals surface area contributed by atoms with E-state index in [2.05, 4.69) is 26.1 Å². The Hall–Kier alpha value is -0.530. The summed E-state index contributed by atoms with van der Waals surface area (Å²) in [7, 11) is 0. The number of rotatable bonds is 1. The molecule has 2 nitrogen and oxygen atoms in total. The Labute approximate surface area is 106 Å². The zero-order valence-electron chi connectivity index (χ0n) is 12.2. The Morgan fingerprint density at radius 3 is 2.18 bits per heavy atom. The lowest BCUT2D eigenvalue weighted by molar-refractivity contribution is -0.130. The Morgan fingerprint density at radius 1 is 1.24 bits per heavy atom. The van der Waals surface area contributed by atoms with Crippen molar-refractivity contribution in [3.63, 3.8) is 0 Å². The summed E-state index contributed by atoms with van der Waals surface area (Å²) < 4.78 is 0. The van der Waals surface area contributed by atoms with E-state index in [-0.39, 0.29) is 11.3 Å². The summed E-state index contributed by atoms with van der Waals surface area (Å²) in [5.41, 5.74) is 0.393. The lowest BCUT2D eigenvalue weighted by Gasteiger charge is -2.40. The first-order valence-corrected chi connectivity index (χ1v) is 6.90. The minimum Gasteiger partial charge on any atom is -0.352 e. The number of fused-ring (bicyclic) bond motifs is 2. The van der Waals surface area contributed by atoms with E-state index in [9.17, 15) is 4.79 Å². The summed E-state index contributed by atoms with van der Waals surface area (Å²) in [6.07, 6.45) is 3.77. The predicted molar refractivity (Wildman–Crippen MR) is 70.6 cm³/mol. The molecule has 0 aromatic heterocycles. The molecular formula is C15H27NO. The number of amides is 1. The molecule has 3 atom stereocenters. The van der Waals surface area contributed by atoms with Gasteiger partial charge < -0.3 is 5.32 Å². The second-order valence-corrected chi connectivity index (χ2v) is 7.89. The molecule has 0 spiro atoms. The van der Waals surface area contributed by atoms with Crippen molar-refractivity contribution in [2.24, 2.45) is 22.2 Å². The van der Waals surface area contributed by atoms with Crippen LogP contribution in [0.15, 0.2) is 0 Å². The lowest BCUT2D eigenvalue weighted by Crippen LogP contribution is -2.49. The molecule has 3 unspecified atom stereocenters. The molecule has 98 valence electrons. The van der Waals surface area contributed by atoms with E-state index in [0.29, 0.717) is 16.9 Å². The third-order valence-electron chi connectivity index (χ3n) is 5.78. The van der Waals surface area contributed by atoms with Gasteiger partial charge in [-0.2, -0.15) is 0 Å². The third kappa shape index (κ3) is 1.71. The van der Waals surface area contributed by atoms with E-state index in [0.717, 1.165) is 5.92 Å². The minimum atomic E-state index is -0.275. The maximum atomic E-state index is 12.1. The van der Waals surface area contributed by atoms with Gasteiger partial charge in [0.15, 0.2) is 0 Å². The van der Waals surface area contributed by atoms with Crippen LogP contribution in [0.4, 0.5) is 0 Å². The van der Waals surface area contributed by atoms with E-state index < -0.39 is 0 Å². The first kappa shape index (κ1) is 12.9. The van der Waals surface area contributed by atoms with Crippen molar-refractivity contribution in [1.82, 2.24) is 5.32 Å². The fourth-order valence-electron chi connectivity index (χ4n) is 3.80. The van der Waals surface area contributed by atoms with E-state index >= 15 is 0 Å². The number of carbonyl (C=O) groups excluding carboxylic acids is 1. The lowest BCUT2D eigenvalue weighted by atomic mass is 9.69. The second-order valence-electron chi connectivity index (χ2n) is 7.89. The van der Waals surface area contributed by atoms with E-state index in [1.54, 1.807) is 0 Å². The topological polar surface area (TPSA) is 29.1 Å². The van der Waals surface area contributed by atoms with E-state index in [1.165, 1.54) is 19.3 Å². The Morgan fingerprint density at radius 2 is 1.82 bits per heavy atom. The van der Waals surface area contributed by atoms with Gasteiger partial charge in [0.05, 0.1) is 0 Å². The van der Waals surface area contributed by atoms with Crippen LogP contribution in [0.2, 0.25) is 0 Å². The molecule has 0 saturated heterocycles. The first-order valence-electron chi connectivity index (χ1n) is 6.90. The summed E-state index contributed by atoms with van der Waals surface area (Å²) in [5, 5.41) is 3.31. The van der Waals surface area contributed by atoms with Gasteiger partial charge in [0.25, 0.3) is 0 Å². The zero-order chi connectivity index (χ0) is 13.1. The maximum Gasteiger partial charge on any atom is 0.225 e. The highest BCUT2D eigenvalue weighted by atomic mass is 16.2. The van der Waals surface area contributed by atoms with Crippen LogP contribution >= 0.6 is 0 Å². The number of hydrogen-bond acceptors (Lipinski definition) is 1. The van der Waals surface area contributed by atoms with Crippen LogP contribution in [-0.4, -0.2) is 11.9 Å². The third-order valence-corrected chi connectivity index (χ3v) is 5.78. The molecule has 2 aliphatic carbocycles. The standard InChI is InChI=1S/C15H27NO/c1-13(2,3)12(17)16-11-9-10-7-8-15(11,6)14(10,4)5/h10-11H,7-9H2,1-6H3,(H,16,17). The molecule has 17 heavy (non-hydrogen) atoms. The highest BCUT2D eigenvalue weighted by molar-refractivity contribution is 5.81. The van der Waals surface area contributed by atoms with Crippen LogP contribution in [0.25, 0.3) is 0 Å². The van der Waals surface area contributed by atoms with Gasteiger partial charge in [0.2, 0.25) is 5.91 Å². The SMILES string of the molecule is CC(C)(C)C(=O)NC1CC2CCC1(C)C2(C)C. The quantitative estimate of drug-likeness (QED) is 0.744. The molecule has 0 radical (unpaired) electrons. The number of nitrogens with one attached hydrogen (secondary N) is 1. The Bertz CT molecular complexity index is 339. The van der Waals surface area contributed by atoms with Gasteiger partial charge in [0, 0.05) is 11.5 Å². The van der Waals surface area contributed by atoms with Crippen LogP contribution in [0.3, 0.4) is 0 Å². The molecule has 1 N–H and O–H groups in total. The van der Waals surface area contributed by atoms with Gasteiger partial charge in [-0.15, -0.1) is 0 Å². The summed E-state index contributed by atoms with van der Waals surface area (Å²) >= 11 is 0. The van der Waals surface area contributed by atoms with Crippen LogP contribution in [0, 0.1) is 22.2 Å². The molecule has 0 aromatic rings. The van der Waals surface area contributed by atoms with Gasteiger partial charge in [-0.3, -0.25) is 4.79 Å². The second kappa shape index (κ2) is 3.49. The molecule has 2 rings (SSSR count). The minimum absolute atomic E-state index is 0.201. The number of carbonyl (C=O) groups is 1. The molecule has 2 heteroatoms. The predicted octanol–water partition coefficient (Wildman–Crippen LogP) is 3.36. The highest BCUT2D eigenvalue weighted by Crippen LogP contribution is 2.65. The smallest absolute Gasteiger partial charge is 0.225 e. The van der Waals surface area contributed by atoms with Crippen LogP contribution in [0.1, 0.15) is 60.8 Å². The average Bonchev–Trinajstić information content (AvgIpc) is 2.49. The van der Waals surface area contributed by atoms with E-state index in [1.807, 2.05) is 20.8 Å². The largest absolute Gasteiger partial charge is 0.352 e. The molecule has 0 heterocycles. The van der Waals surface area contributed by atoms with Crippen LogP contribution < -0.4 is 5.32 Å². The van der Waals surface area contributed by atoms with Gasteiger partial charge in [-0.05, 0) is 36.0 Å². The molecular weight excluding hydrogens is 210 g/mol. The normalized spacial score (nSPS) is 39.4. The van der Waals surface area contributed by atoms with Gasteiger partial charge in [0.1, 0.15) is 0 Å².